The SMILES string of the molecule is CCOc1ccccc1-n1c(=S)sc2c(=O)n(-c3ccc(C)cc3)c(SCC3OCCO3)nc21. The fraction of sp³-hybridized carbons (Fsp3) is 0.292. The van der Waals surface area contributed by atoms with Crippen molar-refractivity contribution in [2.24, 2.45) is 0 Å². The van der Waals surface area contributed by atoms with Gasteiger partial charge in [-0.3, -0.25) is 13.9 Å². The summed E-state index contributed by atoms with van der Waals surface area (Å²) in [5.74, 6) is 1.21. The number of benzene rings is 2. The Balaban J connectivity index is 1.72. The van der Waals surface area contributed by atoms with Gasteiger partial charge in [0.2, 0.25) is 0 Å². The number of thiazole rings is 1. The molecule has 0 atom stereocenters. The standard InChI is InChI=1S/C24H23N3O4S3/c1-3-29-18-7-5-4-6-17(18)27-21-20(34-24(27)32)22(28)26(16-10-8-15(2)9-11-16)23(25-21)33-14-19-30-12-13-31-19/h4-11,19H,3,12-14H2,1-2H3. The number of nitrogens with zero attached hydrogens (tertiary/aromatic N) is 3. The largest absolute Gasteiger partial charge is 0.492 e. The van der Waals surface area contributed by atoms with Crippen molar-refractivity contribution in [2.75, 3.05) is 25.6 Å². The molecule has 1 saturated heterocycles. The van der Waals surface area contributed by atoms with Crippen LogP contribution in [-0.2, 0) is 9.47 Å². The second-order valence-electron chi connectivity index (χ2n) is 7.61. The highest BCUT2D eigenvalue weighted by Gasteiger charge is 2.23. The molecule has 4 aromatic rings. The molecular weight excluding hydrogens is 490 g/mol. The minimum Gasteiger partial charge on any atom is -0.492 e. The zero-order chi connectivity index (χ0) is 23.7. The van der Waals surface area contributed by atoms with Crippen molar-refractivity contribution in [1.82, 2.24) is 14.1 Å². The van der Waals surface area contributed by atoms with Gasteiger partial charge in [0.15, 0.2) is 21.0 Å². The van der Waals surface area contributed by atoms with Gasteiger partial charge in [0.1, 0.15) is 10.4 Å². The first kappa shape index (κ1) is 23.3. The summed E-state index contributed by atoms with van der Waals surface area (Å²) >= 11 is 8.39. The van der Waals surface area contributed by atoms with Crippen molar-refractivity contribution >= 4 is 45.7 Å². The molecule has 2 aromatic heterocycles. The Labute approximate surface area is 209 Å². The smallest absolute Gasteiger partial charge is 0.278 e. The second-order valence-corrected chi connectivity index (χ2v) is 10.2. The Morgan fingerprint density at radius 3 is 2.62 bits per heavy atom. The van der Waals surface area contributed by atoms with E-state index in [4.69, 9.17) is 31.4 Å². The van der Waals surface area contributed by atoms with E-state index in [1.54, 1.807) is 4.57 Å². The molecule has 0 bridgehead atoms. The molecule has 0 aliphatic carbocycles. The van der Waals surface area contributed by atoms with Gasteiger partial charge < -0.3 is 14.2 Å². The maximum absolute atomic E-state index is 13.8. The predicted octanol–water partition coefficient (Wildman–Crippen LogP) is 5.14. The lowest BCUT2D eigenvalue weighted by molar-refractivity contribution is -0.0215. The number of aromatic nitrogens is 3. The van der Waals surface area contributed by atoms with Crippen LogP contribution in [0, 0.1) is 10.9 Å². The topological polar surface area (TPSA) is 67.5 Å². The van der Waals surface area contributed by atoms with Gasteiger partial charge in [-0.15, -0.1) is 0 Å². The number of thioether (sulfide) groups is 1. The third kappa shape index (κ3) is 4.44. The first-order valence-electron chi connectivity index (χ1n) is 10.9. The summed E-state index contributed by atoms with van der Waals surface area (Å²) in [7, 11) is 0. The summed E-state index contributed by atoms with van der Waals surface area (Å²) in [4.78, 5) is 18.8. The Morgan fingerprint density at radius 1 is 1.15 bits per heavy atom. The van der Waals surface area contributed by atoms with Crippen molar-refractivity contribution in [3.05, 3.63) is 68.4 Å². The number of rotatable bonds is 7. The molecule has 0 saturated carbocycles. The zero-order valence-electron chi connectivity index (χ0n) is 18.7. The molecule has 0 N–H and O–H groups in total. The van der Waals surface area contributed by atoms with E-state index in [0.717, 1.165) is 16.9 Å². The minimum absolute atomic E-state index is 0.159. The molecule has 7 nitrogen and oxygen atoms in total. The molecule has 5 rings (SSSR count). The van der Waals surface area contributed by atoms with E-state index in [2.05, 4.69) is 0 Å². The number of fused-ring (bicyclic) bond motifs is 1. The van der Waals surface area contributed by atoms with Crippen LogP contribution in [0.4, 0.5) is 0 Å². The molecule has 0 amide bonds. The molecule has 3 heterocycles. The van der Waals surface area contributed by atoms with Gasteiger partial charge in [0.25, 0.3) is 5.56 Å². The van der Waals surface area contributed by atoms with E-state index in [1.807, 2.05) is 66.9 Å². The van der Waals surface area contributed by atoms with Crippen LogP contribution in [0.25, 0.3) is 21.7 Å². The summed E-state index contributed by atoms with van der Waals surface area (Å²) in [5, 5.41) is 0.552. The van der Waals surface area contributed by atoms with Crippen molar-refractivity contribution in [3.8, 4) is 17.1 Å². The maximum Gasteiger partial charge on any atom is 0.278 e. The summed E-state index contributed by atoms with van der Waals surface area (Å²) in [6.45, 7) is 5.60. The lowest BCUT2D eigenvalue weighted by Crippen LogP contribution is -2.22. The third-order valence-corrected chi connectivity index (χ3v) is 7.64. The Bertz CT molecular complexity index is 1440. The molecule has 2 aromatic carbocycles. The summed E-state index contributed by atoms with van der Waals surface area (Å²) < 4.78 is 21.5. The van der Waals surface area contributed by atoms with Crippen LogP contribution in [0.15, 0.2) is 58.5 Å². The number of ether oxygens (including phenoxy) is 3. The zero-order valence-corrected chi connectivity index (χ0v) is 21.2. The molecule has 1 fully saturated rings. The molecule has 0 unspecified atom stereocenters. The summed E-state index contributed by atoms with van der Waals surface area (Å²) in [6.07, 6.45) is -0.327. The van der Waals surface area contributed by atoms with Crippen LogP contribution in [0.3, 0.4) is 0 Å². The average Bonchev–Trinajstić information content (AvgIpc) is 3.47. The Morgan fingerprint density at radius 2 is 1.88 bits per heavy atom. The average molecular weight is 514 g/mol. The number of para-hydroxylation sites is 2. The lowest BCUT2D eigenvalue weighted by atomic mass is 10.2. The molecule has 34 heavy (non-hydrogen) atoms. The van der Waals surface area contributed by atoms with Crippen LogP contribution in [-0.4, -0.2) is 46.0 Å². The van der Waals surface area contributed by atoms with Crippen molar-refractivity contribution in [2.45, 2.75) is 25.3 Å². The van der Waals surface area contributed by atoms with E-state index < -0.39 is 0 Å². The minimum atomic E-state index is -0.327. The van der Waals surface area contributed by atoms with Crippen molar-refractivity contribution in [1.29, 1.82) is 0 Å². The van der Waals surface area contributed by atoms with Gasteiger partial charge in [-0.2, -0.15) is 0 Å². The Hall–Kier alpha value is -2.50. The molecule has 0 radical (unpaired) electrons. The Kier molecular flexibility index (Phi) is 6.84. The number of aryl methyl sites for hydroxylation is 1. The number of hydrogen-bond donors (Lipinski definition) is 0. The monoisotopic (exact) mass is 513 g/mol. The van der Waals surface area contributed by atoms with Crippen LogP contribution < -0.4 is 10.3 Å². The van der Waals surface area contributed by atoms with E-state index in [0.29, 0.717) is 50.8 Å². The third-order valence-electron chi connectivity index (χ3n) is 5.31. The van der Waals surface area contributed by atoms with Gasteiger partial charge in [-0.05, 0) is 50.3 Å². The van der Waals surface area contributed by atoms with E-state index in [-0.39, 0.29) is 11.8 Å². The van der Waals surface area contributed by atoms with Gasteiger partial charge in [0.05, 0.1) is 36.9 Å². The van der Waals surface area contributed by atoms with Crippen LogP contribution in [0.5, 0.6) is 5.75 Å². The van der Waals surface area contributed by atoms with Gasteiger partial charge in [0, 0.05) is 0 Å². The fourth-order valence-corrected chi connectivity index (χ4v) is 5.97. The predicted molar refractivity (Wildman–Crippen MR) is 138 cm³/mol. The molecular formula is C24H23N3O4S3. The van der Waals surface area contributed by atoms with E-state index in [9.17, 15) is 4.79 Å². The summed E-state index contributed by atoms with van der Waals surface area (Å²) in [6, 6.07) is 15.5. The molecule has 1 aliphatic heterocycles. The maximum atomic E-state index is 13.8. The molecule has 0 spiro atoms. The fourth-order valence-electron chi connectivity index (χ4n) is 3.73. The highest BCUT2D eigenvalue weighted by molar-refractivity contribution is 7.99. The first-order valence-corrected chi connectivity index (χ1v) is 13.1. The van der Waals surface area contributed by atoms with Gasteiger partial charge in [-0.25, -0.2) is 4.98 Å². The van der Waals surface area contributed by atoms with Crippen molar-refractivity contribution in [3.63, 3.8) is 0 Å². The second kappa shape index (κ2) is 10.0. The normalized spacial score (nSPS) is 14.2. The molecule has 176 valence electrons. The molecule has 10 heteroatoms. The van der Waals surface area contributed by atoms with Crippen molar-refractivity contribution < 1.29 is 14.2 Å². The highest BCUT2D eigenvalue weighted by atomic mass is 32.2. The van der Waals surface area contributed by atoms with Gasteiger partial charge >= 0.3 is 0 Å². The highest BCUT2D eigenvalue weighted by Crippen LogP contribution is 2.31. The van der Waals surface area contributed by atoms with E-state index in [1.165, 1.54) is 23.1 Å². The molecule has 1 aliphatic rings. The van der Waals surface area contributed by atoms with Crippen LogP contribution >= 0.6 is 35.3 Å². The van der Waals surface area contributed by atoms with Crippen LogP contribution in [0.1, 0.15) is 12.5 Å². The quantitative estimate of drug-likeness (QED) is 0.193. The summed E-state index contributed by atoms with van der Waals surface area (Å²) in [5.41, 5.74) is 2.99. The van der Waals surface area contributed by atoms with E-state index >= 15 is 0 Å². The van der Waals surface area contributed by atoms with Crippen LogP contribution in [0.2, 0.25) is 0 Å². The lowest BCUT2D eigenvalue weighted by Gasteiger charge is -2.15. The van der Waals surface area contributed by atoms with Gasteiger partial charge in [-0.1, -0.05) is 52.9 Å². The first-order chi connectivity index (χ1) is 16.6. The number of hydrogen-bond acceptors (Lipinski definition) is 8.